The lowest BCUT2D eigenvalue weighted by Crippen LogP contribution is -2.09. The van der Waals surface area contributed by atoms with Crippen LogP contribution in [-0.2, 0) is 0 Å². The van der Waals surface area contributed by atoms with Crippen LogP contribution in [0.5, 0.6) is 5.75 Å². The summed E-state index contributed by atoms with van der Waals surface area (Å²) in [7, 11) is 0. The molecule has 0 radical (unpaired) electrons. The predicted molar refractivity (Wildman–Crippen MR) is 45.1 cm³/mol. The second-order valence-corrected chi connectivity index (χ2v) is 3.07. The summed E-state index contributed by atoms with van der Waals surface area (Å²) < 4.78 is 67.6. The first-order valence-corrected chi connectivity index (χ1v) is 3.97. The molecule has 1 aromatic carbocycles. The van der Waals surface area contributed by atoms with Gasteiger partial charge in [-0.2, -0.15) is 8.78 Å². The van der Waals surface area contributed by atoms with E-state index in [-0.39, 0.29) is 5.05 Å². The minimum absolute atomic E-state index is 0.363. The van der Waals surface area contributed by atoms with E-state index < -0.39 is 34.8 Å². The van der Waals surface area contributed by atoms with Crippen LogP contribution in [0.2, 0.25) is 0 Å². The molecule has 0 aliphatic carbocycles. The molecule has 0 N–H and O–H groups in total. The van der Waals surface area contributed by atoms with Crippen molar-refractivity contribution >= 4 is 17.3 Å². The van der Waals surface area contributed by atoms with Gasteiger partial charge in [0.25, 0.3) is 0 Å². The van der Waals surface area contributed by atoms with E-state index >= 15 is 0 Å². The largest absolute Gasteiger partial charge is 0.444 e. The van der Waals surface area contributed by atoms with Gasteiger partial charge in [-0.1, -0.05) is 0 Å². The molecule has 0 unspecified atom stereocenters. The number of hydrogen-bond acceptors (Lipinski definition) is 2. The predicted octanol–water partition coefficient (Wildman–Crippen LogP) is 3.11. The van der Waals surface area contributed by atoms with Crippen molar-refractivity contribution in [3.8, 4) is 5.75 Å². The van der Waals surface area contributed by atoms with Crippen LogP contribution in [0.15, 0.2) is 0 Å². The van der Waals surface area contributed by atoms with Crippen LogP contribution in [0.1, 0.15) is 6.92 Å². The molecule has 0 aliphatic heterocycles. The minimum atomic E-state index is -2.24. The zero-order valence-corrected chi connectivity index (χ0v) is 8.02. The highest BCUT2D eigenvalue weighted by Gasteiger charge is 2.27. The number of ether oxygens (including phenoxy) is 1. The third-order valence-corrected chi connectivity index (χ3v) is 1.50. The van der Waals surface area contributed by atoms with Crippen molar-refractivity contribution < 1.29 is 26.7 Å². The van der Waals surface area contributed by atoms with Crippen LogP contribution < -0.4 is 4.74 Å². The average molecular weight is 242 g/mol. The van der Waals surface area contributed by atoms with Crippen LogP contribution in [0.25, 0.3) is 0 Å². The summed E-state index contributed by atoms with van der Waals surface area (Å²) in [6.45, 7) is 1.13. The van der Waals surface area contributed by atoms with Crippen molar-refractivity contribution in [2.24, 2.45) is 0 Å². The Bertz CT molecular complexity index is 403. The molecule has 0 bridgehead atoms. The fourth-order valence-corrected chi connectivity index (χ4v) is 0.901. The standard InChI is InChI=1S/C8H3F5OS/c1-2(15)14-8-6(12)4(10)3(9)5(11)7(8)13/h1H3. The highest BCUT2D eigenvalue weighted by Crippen LogP contribution is 2.29. The summed E-state index contributed by atoms with van der Waals surface area (Å²) >= 11 is 4.32. The summed E-state index contributed by atoms with van der Waals surface area (Å²) in [5.41, 5.74) is 0. The van der Waals surface area contributed by atoms with Gasteiger partial charge < -0.3 is 4.74 Å². The number of hydrogen-bond donors (Lipinski definition) is 0. The summed E-state index contributed by atoms with van der Waals surface area (Å²) in [5, 5.41) is -0.363. The molecule has 0 fully saturated rings. The van der Waals surface area contributed by atoms with Crippen molar-refractivity contribution in [2.75, 3.05) is 0 Å². The normalized spacial score (nSPS) is 10.3. The van der Waals surface area contributed by atoms with Crippen molar-refractivity contribution in [1.82, 2.24) is 0 Å². The molecule has 0 saturated heterocycles. The van der Waals surface area contributed by atoms with Gasteiger partial charge in [0.15, 0.2) is 5.05 Å². The second-order valence-electron chi connectivity index (χ2n) is 2.49. The number of thiocarbonyl (C=S) groups is 1. The van der Waals surface area contributed by atoms with Gasteiger partial charge in [0, 0.05) is 6.92 Å². The fraction of sp³-hybridized carbons (Fsp3) is 0.125. The van der Waals surface area contributed by atoms with Crippen LogP contribution in [0.3, 0.4) is 0 Å². The van der Waals surface area contributed by atoms with E-state index in [4.69, 9.17) is 0 Å². The van der Waals surface area contributed by atoms with Gasteiger partial charge in [-0.15, -0.1) is 0 Å². The second kappa shape index (κ2) is 4.09. The molecule has 0 spiro atoms. The van der Waals surface area contributed by atoms with Crippen molar-refractivity contribution in [1.29, 1.82) is 0 Å². The molecular formula is C8H3F5OS. The summed E-state index contributed by atoms with van der Waals surface area (Å²) in [4.78, 5) is 0. The zero-order valence-electron chi connectivity index (χ0n) is 7.21. The Morgan fingerprint density at radius 3 is 1.53 bits per heavy atom. The zero-order chi connectivity index (χ0) is 11.7. The third-order valence-electron chi connectivity index (χ3n) is 1.42. The molecular weight excluding hydrogens is 239 g/mol. The molecule has 0 atom stereocenters. The van der Waals surface area contributed by atoms with E-state index in [1.807, 2.05) is 0 Å². The van der Waals surface area contributed by atoms with Gasteiger partial charge in [-0.25, -0.2) is 13.2 Å². The molecule has 82 valence electrons. The molecule has 1 rings (SSSR count). The molecule has 1 nitrogen and oxygen atoms in total. The van der Waals surface area contributed by atoms with Crippen molar-refractivity contribution in [3.05, 3.63) is 29.1 Å². The SMILES string of the molecule is CC(=S)Oc1c(F)c(F)c(F)c(F)c1F. The third kappa shape index (κ3) is 2.06. The molecule has 7 heteroatoms. The van der Waals surface area contributed by atoms with E-state index in [0.717, 1.165) is 6.92 Å². The smallest absolute Gasteiger partial charge is 0.207 e. The van der Waals surface area contributed by atoms with Crippen molar-refractivity contribution in [2.45, 2.75) is 6.92 Å². The first-order valence-electron chi connectivity index (χ1n) is 3.56. The Labute approximate surface area is 86.5 Å². The van der Waals surface area contributed by atoms with Crippen LogP contribution in [0, 0.1) is 29.1 Å². The van der Waals surface area contributed by atoms with Gasteiger partial charge in [0.1, 0.15) is 0 Å². The van der Waals surface area contributed by atoms with Crippen molar-refractivity contribution in [3.63, 3.8) is 0 Å². The maximum Gasteiger partial charge on any atom is 0.207 e. The maximum absolute atomic E-state index is 12.9. The number of halogens is 5. The number of rotatable bonds is 1. The Morgan fingerprint density at radius 2 is 1.20 bits per heavy atom. The lowest BCUT2D eigenvalue weighted by atomic mass is 10.2. The topological polar surface area (TPSA) is 9.23 Å². The first kappa shape index (κ1) is 11.8. The van der Waals surface area contributed by atoms with Gasteiger partial charge in [-0.3, -0.25) is 0 Å². The highest BCUT2D eigenvalue weighted by atomic mass is 32.1. The van der Waals surface area contributed by atoms with Gasteiger partial charge >= 0.3 is 0 Å². The Morgan fingerprint density at radius 1 is 0.867 bits per heavy atom. The lowest BCUT2D eigenvalue weighted by molar-refractivity contribution is 0.346. The average Bonchev–Trinajstić information content (AvgIpc) is 2.18. The van der Waals surface area contributed by atoms with E-state index in [1.54, 1.807) is 0 Å². The molecule has 15 heavy (non-hydrogen) atoms. The fourth-order valence-electron chi connectivity index (χ4n) is 0.818. The number of benzene rings is 1. The molecule has 0 aromatic heterocycles. The van der Waals surface area contributed by atoms with E-state index in [0.29, 0.717) is 0 Å². The van der Waals surface area contributed by atoms with Gasteiger partial charge in [0.05, 0.1) is 0 Å². The van der Waals surface area contributed by atoms with Crippen LogP contribution >= 0.6 is 12.2 Å². The van der Waals surface area contributed by atoms with E-state index in [9.17, 15) is 22.0 Å². The molecule has 0 aliphatic rings. The van der Waals surface area contributed by atoms with E-state index in [2.05, 4.69) is 17.0 Å². The Hall–Kier alpha value is -1.24. The van der Waals surface area contributed by atoms with E-state index in [1.165, 1.54) is 0 Å². The summed E-state index contributed by atoms with van der Waals surface area (Å²) in [6.07, 6.45) is 0. The minimum Gasteiger partial charge on any atom is -0.444 e. The monoisotopic (exact) mass is 242 g/mol. The van der Waals surface area contributed by atoms with Crippen LogP contribution in [0.4, 0.5) is 22.0 Å². The molecule has 1 aromatic rings. The maximum atomic E-state index is 12.9. The Balaban J connectivity index is 3.45. The summed E-state index contributed by atoms with van der Waals surface area (Å²) in [6, 6.07) is 0. The molecule has 0 amide bonds. The highest BCUT2D eigenvalue weighted by molar-refractivity contribution is 7.80. The molecule has 0 saturated carbocycles. The van der Waals surface area contributed by atoms with Gasteiger partial charge in [-0.05, 0) is 12.2 Å². The van der Waals surface area contributed by atoms with Crippen LogP contribution in [-0.4, -0.2) is 5.05 Å². The van der Waals surface area contributed by atoms with Gasteiger partial charge in [0.2, 0.25) is 34.8 Å². The first-order chi connectivity index (χ1) is 6.86. The summed E-state index contributed by atoms with van der Waals surface area (Å²) in [5.74, 6) is -11.9. The quantitative estimate of drug-likeness (QED) is 0.324. The molecule has 0 heterocycles. The lowest BCUT2D eigenvalue weighted by Gasteiger charge is -2.07. The Kier molecular flexibility index (Phi) is 3.23.